The normalized spacial score (nSPS) is 15.3. The van der Waals surface area contributed by atoms with Gasteiger partial charge in [0, 0.05) is 0 Å². The molecule has 1 fully saturated rings. The van der Waals surface area contributed by atoms with Gasteiger partial charge in [-0.1, -0.05) is 6.92 Å². The fraction of sp³-hybridized carbons (Fsp3) is 0.500. The number of rotatable bonds is 7. The third-order valence-electron chi connectivity index (χ3n) is 3.95. The Kier molecular flexibility index (Phi) is 6.19. The molecule has 1 aliphatic carbocycles. The molecule has 6 nitrogen and oxygen atoms in total. The number of esters is 1. The van der Waals surface area contributed by atoms with Crippen molar-refractivity contribution in [1.82, 2.24) is 5.32 Å². The third-order valence-corrected chi connectivity index (χ3v) is 3.95. The lowest BCUT2D eigenvalue weighted by molar-refractivity contribution is -0.125. The highest BCUT2D eigenvalue weighted by molar-refractivity contribution is 5.91. The van der Waals surface area contributed by atoms with Crippen molar-refractivity contribution in [2.75, 3.05) is 13.2 Å². The topological polar surface area (TPSA) is 88.4 Å². The van der Waals surface area contributed by atoms with Crippen molar-refractivity contribution in [3.05, 3.63) is 29.8 Å². The molecule has 2 rings (SSSR count). The number of nitrogens with zero attached hydrogens (tertiary/aromatic N) is 1. The van der Waals surface area contributed by atoms with Crippen LogP contribution in [0.3, 0.4) is 0 Å². The summed E-state index contributed by atoms with van der Waals surface area (Å²) in [5.74, 6) is -0.345. The van der Waals surface area contributed by atoms with E-state index in [1.165, 1.54) is 0 Å². The Morgan fingerprint density at radius 3 is 2.50 bits per heavy atom. The van der Waals surface area contributed by atoms with Gasteiger partial charge in [0.1, 0.15) is 11.3 Å². The van der Waals surface area contributed by atoms with Crippen molar-refractivity contribution in [2.24, 2.45) is 0 Å². The van der Waals surface area contributed by atoms with Crippen molar-refractivity contribution in [3.63, 3.8) is 0 Å². The number of carbonyl (C=O) groups is 2. The standard InChI is InChI=1S/C18H22N2O4/c1-2-11-23-15-7-5-14(6-8-15)17(22)24-12-16(21)20-18(13-19)9-3-4-10-18/h5-8H,2-4,9-12H2,1H3,(H,20,21). The summed E-state index contributed by atoms with van der Waals surface area (Å²) >= 11 is 0. The molecular formula is C18H22N2O4. The summed E-state index contributed by atoms with van der Waals surface area (Å²) in [6.07, 6.45) is 4.02. The number of nitriles is 1. The summed E-state index contributed by atoms with van der Waals surface area (Å²) in [7, 11) is 0. The highest BCUT2D eigenvalue weighted by Gasteiger charge is 2.35. The monoisotopic (exact) mass is 330 g/mol. The summed E-state index contributed by atoms with van der Waals surface area (Å²) in [6, 6.07) is 8.74. The number of carbonyl (C=O) groups excluding carboxylic acids is 2. The van der Waals surface area contributed by atoms with Gasteiger partial charge in [0.2, 0.25) is 0 Å². The molecule has 0 radical (unpaired) electrons. The molecule has 0 unspecified atom stereocenters. The van der Waals surface area contributed by atoms with Gasteiger partial charge in [0.25, 0.3) is 5.91 Å². The van der Waals surface area contributed by atoms with E-state index >= 15 is 0 Å². The second-order valence-electron chi connectivity index (χ2n) is 5.90. The van der Waals surface area contributed by atoms with Crippen LogP contribution in [0.1, 0.15) is 49.4 Å². The predicted molar refractivity (Wildman–Crippen MR) is 87.5 cm³/mol. The zero-order valence-corrected chi connectivity index (χ0v) is 13.8. The number of benzene rings is 1. The maximum Gasteiger partial charge on any atom is 0.338 e. The van der Waals surface area contributed by atoms with Gasteiger partial charge in [-0.2, -0.15) is 5.26 Å². The highest BCUT2D eigenvalue weighted by Crippen LogP contribution is 2.28. The molecule has 1 aliphatic rings. The average Bonchev–Trinajstić information content (AvgIpc) is 3.07. The van der Waals surface area contributed by atoms with Crippen LogP contribution in [0.2, 0.25) is 0 Å². The van der Waals surface area contributed by atoms with Crippen LogP contribution in [0.5, 0.6) is 5.75 Å². The Balaban J connectivity index is 1.82. The molecule has 0 aliphatic heterocycles. The Morgan fingerprint density at radius 1 is 1.25 bits per heavy atom. The number of hydrogen-bond acceptors (Lipinski definition) is 5. The molecule has 0 spiro atoms. The second kappa shape index (κ2) is 8.34. The van der Waals surface area contributed by atoms with Crippen LogP contribution in [0, 0.1) is 11.3 Å². The minimum absolute atomic E-state index is 0.350. The molecule has 1 aromatic rings. The van der Waals surface area contributed by atoms with Gasteiger partial charge in [-0.25, -0.2) is 4.79 Å². The molecule has 1 aromatic carbocycles. The van der Waals surface area contributed by atoms with E-state index in [0.29, 0.717) is 30.8 Å². The van der Waals surface area contributed by atoms with Gasteiger partial charge < -0.3 is 14.8 Å². The van der Waals surface area contributed by atoms with Gasteiger partial charge in [-0.15, -0.1) is 0 Å². The third kappa shape index (κ3) is 4.72. The van der Waals surface area contributed by atoms with Gasteiger partial charge in [0.05, 0.1) is 18.2 Å². The fourth-order valence-corrected chi connectivity index (χ4v) is 2.67. The molecular weight excluding hydrogens is 308 g/mol. The van der Waals surface area contributed by atoms with E-state index in [0.717, 1.165) is 19.3 Å². The van der Waals surface area contributed by atoms with E-state index in [4.69, 9.17) is 9.47 Å². The molecule has 0 bridgehead atoms. The fourth-order valence-electron chi connectivity index (χ4n) is 2.67. The number of amides is 1. The average molecular weight is 330 g/mol. The first kappa shape index (κ1) is 17.8. The molecule has 1 saturated carbocycles. The van der Waals surface area contributed by atoms with Crippen molar-refractivity contribution < 1.29 is 19.1 Å². The lowest BCUT2D eigenvalue weighted by Crippen LogP contribution is -2.46. The van der Waals surface area contributed by atoms with E-state index in [1.54, 1.807) is 24.3 Å². The smallest absolute Gasteiger partial charge is 0.338 e. The molecule has 0 aromatic heterocycles. The first-order chi connectivity index (χ1) is 11.6. The van der Waals surface area contributed by atoms with Crippen molar-refractivity contribution in [2.45, 2.75) is 44.6 Å². The first-order valence-electron chi connectivity index (χ1n) is 8.21. The van der Waals surface area contributed by atoms with Crippen LogP contribution in [-0.4, -0.2) is 30.6 Å². The molecule has 0 atom stereocenters. The lowest BCUT2D eigenvalue weighted by Gasteiger charge is -2.21. The molecule has 6 heteroatoms. The molecule has 128 valence electrons. The molecule has 0 heterocycles. The second-order valence-corrected chi connectivity index (χ2v) is 5.90. The minimum Gasteiger partial charge on any atom is -0.494 e. The van der Waals surface area contributed by atoms with Crippen LogP contribution in [-0.2, 0) is 9.53 Å². The maximum atomic E-state index is 12.0. The number of nitrogens with one attached hydrogen (secondary N) is 1. The number of hydrogen-bond donors (Lipinski definition) is 1. The van der Waals surface area contributed by atoms with Crippen LogP contribution in [0.25, 0.3) is 0 Å². The van der Waals surface area contributed by atoms with Crippen LogP contribution in [0.4, 0.5) is 0 Å². The molecule has 24 heavy (non-hydrogen) atoms. The lowest BCUT2D eigenvalue weighted by atomic mass is 10.00. The van der Waals surface area contributed by atoms with E-state index in [-0.39, 0.29) is 0 Å². The molecule has 1 amide bonds. The van der Waals surface area contributed by atoms with Gasteiger partial charge in [-0.05, 0) is 56.4 Å². The predicted octanol–water partition coefficient (Wildman–Crippen LogP) is 2.58. The van der Waals surface area contributed by atoms with E-state index in [1.807, 2.05) is 6.92 Å². The first-order valence-corrected chi connectivity index (χ1v) is 8.21. The van der Waals surface area contributed by atoms with Gasteiger partial charge in [-0.3, -0.25) is 4.79 Å². The van der Waals surface area contributed by atoms with Crippen LogP contribution >= 0.6 is 0 Å². The van der Waals surface area contributed by atoms with Crippen molar-refractivity contribution in [3.8, 4) is 11.8 Å². The van der Waals surface area contributed by atoms with E-state index in [2.05, 4.69) is 11.4 Å². The maximum absolute atomic E-state index is 12.0. The van der Waals surface area contributed by atoms with Crippen LogP contribution in [0.15, 0.2) is 24.3 Å². The summed E-state index contributed by atoms with van der Waals surface area (Å²) in [5, 5.41) is 11.9. The van der Waals surface area contributed by atoms with E-state index < -0.39 is 24.0 Å². The SMILES string of the molecule is CCCOc1ccc(C(=O)OCC(=O)NC2(C#N)CCCC2)cc1. The number of ether oxygens (including phenoxy) is 2. The minimum atomic E-state index is -0.804. The zero-order valence-electron chi connectivity index (χ0n) is 13.8. The summed E-state index contributed by atoms with van der Waals surface area (Å²) in [6.45, 7) is 2.24. The molecule has 1 N–H and O–H groups in total. The largest absolute Gasteiger partial charge is 0.494 e. The molecule has 0 saturated heterocycles. The van der Waals surface area contributed by atoms with Crippen LogP contribution < -0.4 is 10.1 Å². The zero-order chi connectivity index (χ0) is 17.4. The Labute approximate surface area is 141 Å². The Hall–Kier alpha value is -2.55. The quantitative estimate of drug-likeness (QED) is 0.776. The summed E-state index contributed by atoms with van der Waals surface area (Å²) in [5.41, 5.74) is -0.454. The Morgan fingerprint density at radius 2 is 1.92 bits per heavy atom. The van der Waals surface area contributed by atoms with E-state index in [9.17, 15) is 14.9 Å². The van der Waals surface area contributed by atoms with Gasteiger partial charge >= 0.3 is 5.97 Å². The summed E-state index contributed by atoms with van der Waals surface area (Å²) in [4.78, 5) is 23.9. The highest BCUT2D eigenvalue weighted by atomic mass is 16.5. The summed E-state index contributed by atoms with van der Waals surface area (Å²) < 4.78 is 10.4. The van der Waals surface area contributed by atoms with Gasteiger partial charge in [0.15, 0.2) is 6.61 Å². The Bertz CT molecular complexity index is 613. The van der Waals surface area contributed by atoms with Crippen molar-refractivity contribution >= 4 is 11.9 Å². The van der Waals surface area contributed by atoms with Crippen molar-refractivity contribution in [1.29, 1.82) is 5.26 Å².